The number of hydrogen-bond acceptors (Lipinski definition) is 4. The summed E-state index contributed by atoms with van der Waals surface area (Å²) in [7, 11) is 3.42. The molecule has 0 aliphatic carbocycles. The highest BCUT2D eigenvalue weighted by atomic mass is 16.5. The molecule has 106 valence electrons. The lowest BCUT2D eigenvalue weighted by molar-refractivity contribution is -0.145. The number of aromatic amines is 1. The number of ether oxygens (including phenoxy) is 2. The van der Waals surface area contributed by atoms with Crippen LogP contribution in [0.15, 0.2) is 6.07 Å². The minimum absolute atomic E-state index is 0.0441. The Kier molecular flexibility index (Phi) is 4.93. The van der Waals surface area contributed by atoms with Gasteiger partial charge in [-0.15, -0.1) is 0 Å². The topological polar surface area (TPSA) is 67.4 Å². The minimum atomic E-state index is -0.278. The van der Waals surface area contributed by atoms with Crippen molar-refractivity contribution in [3.05, 3.63) is 17.5 Å². The van der Waals surface area contributed by atoms with E-state index in [4.69, 9.17) is 9.47 Å². The van der Waals surface area contributed by atoms with Crippen molar-refractivity contribution >= 4 is 5.91 Å². The zero-order valence-corrected chi connectivity index (χ0v) is 11.5. The Morgan fingerprint density at radius 1 is 1.63 bits per heavy atom. The van der Waals surface area contributed by atoms with E-state index >= 15 is 0 Å². The molecular weight excluding hydrogens is 246 g/mol. The molecule has 6 heteroatoms. The number of H-pyrrole nitrogens is 1. The summed E-state index contributed by atoms with van der Waals surface area (Å²) >= 11 is 0. The maximum absolute atomic E-state index is 12.2. The quantitative estimate of drug-likeness (QED) is 0.867. The molecule has 1 N–H and O–H groups in total. The Morgan fingerprint density at radius 3 is 3.16 bits per heavy atom. The highest BCUT2D eigenvalue weighted by Crippen LogP contribution is 2.15. The number of carbonyl (C=O) groups excluding carboxylic acids is 1. The lowest BCUT2D eigenvalue weighted by atomic mass is 10.1. The van der Waals surface area contributed by atoms with Gasteiger partial charge in [0.25, 0.3) is 5.91 Å². The summed E-state index contributed by atoms with van der Waals surface area (Å²) in [6.07, 6.45) is 2.65. The number of aromatic nitrogens is 2. The van der Waals surface area contributed by atoms with E-state index in [1.54, 1.807) is 19.1 Å². The Labute approximate surface area is 113 Å². The molecule has 1 unspecified atom stereocenters. The molecule has 19 heavy (non-hydrogen) atoms. The molecule has 0 spiro atoms. The largest absolute Gasteiger partial charge is 0.378 e. The van der Waals surface area contributed by atoms with Crippen LogP contribution in [0.4, 0.5) is 0 Å². The number of amides is 1. The maximum Gasteiger partial charge on any atom is 0.251 e. The van der Waals surface area contributed by atoms with Crippen molar-refractivity contribution in [2.24, 2.45) is 0 Å². The van der Waals surface area contributed by atoms with Gasteiger partial charge >= 0.3 is 0 Å². The van der Waals surface area contributed by atoms with Crippen molar-refractivity contribution in [3.8, 4) is 0 Å². The van der Waals surface area contributed by atoms with Crippen molar-refractivity contribution < 1.29 is 14.3 Å². The Balaban J connectivity index is 1.88. The second-order valence-corrected chi connectivity index (χ2v) is 4.87. The molecule has 1 saturated heterocycles. The van der Waals surface area contributed by atoms with E-state index < -0.39 is 0 Å². The first-order valence-electron chi connectivity index (χ1n) is 6.59. The third-order valence-electron chi connectivity index (χ3n) is 3.22. The predicted octanol–water partition coefficient (Wildman–Crippen LogP) is 1.08. The van der Waals surface area contributed by atoms with Crippen LogP contribution in [-0.4, -0.2) is 47.9 Å². The molecule has 0 aromatic carbocycles. The van der Waals surface area contributed by atoms with Gasteiger partial charge in [0.1, 0.15) is 6.10 Å². The van der Waals surface area contributed by atoms with E-state index in [2.05, 4.69) is 10.2 Å². The van der Waals surface area contributed by atoms with Crippen LogP contribution in [0.5, 0.6) is 0 Å². The molecule has 6 nitrogen and oxygen atoms in total. The van der Waals surface area contributed by atoms with Crippen molar-refractivity contribution in [2.75, 3.05) is 20.8 Å². The second kappa shape index (κ2) is 6.68. The number of carbonyl (C=O) groups is 1. The van der Waals surface area contributed by atoms with Crippen molar-refractivity contribution in [1.82, 2.24) is 15.1 Å². The molecule has 1 fully saturated rings. The first-order chi connectivity index (χ1) is 9.20. The zero-order valence-electron chi connectivity index (χ0n) is 11.5. The van der Waals surface area contributed by atoms with Gasteiger partial charge in [0, 0.05) is 20.8 Å². The van der Waals surface area contributed by atoms with Gasteiger partial charge in [0.05, 0.1) is 24.5 Å². The van der Waals surface area contributed by atoms with Gasteiger partial charge in [0.2, 0.25) is 0 Å². The van der Waals surface area contributed by atoms with E-state index in [-0.39, 0.29) is 12.0 Å². The fourth-order valence-electron chi connectivity index (χ4n) is 2.23. The van der Waals surface area contributed by atoms with Crippen LogP contribution in [0.3, 0.4) is 0 Å². The molecule has 1 aromatic heterocycles. The minimum Gasteiger partial charge on any atom is -0.378 e. The molecule has 0 bridgehead atoms. The van der Waals surface area contributed by atoms with E-state index in [0.29, 0.717) is 19.8 Å². The van der Waals surface area contributed by atoms with E-state index in [1.165, 1.54) is 0 Å². The molecule has 2 rings (SSSR count). The van der Waals surface area contributed by atoms with Crippen molar-refractivity contribution in [2.45, 2.75) is 38.5 Å². The van der Waals surface area contributed by atoms with Gasteiger partial charge in [-0.05, 0) is 25.3 Å². The molecule has 1 amide bonds. The normalized spacial score (nSPS) is 19.4. The van der Waals surface area contributed by atoms with Gasteiger partial charge < -0.3 is 14.4 Å². The third kappa shape index (κ3) is 3.78. The molecule has 0 radical (unpaired) electrons. The summed E-state index contributed by atoms with van der Waals surface area (Å²) < 4.78 is 10.5. The SMILES string of the molecule is COCc1cc(CN(C)C(=O)C2CCCCO2)[nH]n1. The Morgan fingerprint density at radius 2 is 2.47 bits per heavy atom. The van der Waals surface area contributed by atoms with Crippen molar-refractivity contribution in [1.29, 1.82) is 0 Å². The number of nitrogens with zero attached hydrogens (tertiary/aromatic N) is 2. The molecule has 1 aliphatic rings. The van der Waals surface area contributed by atoms with Crippen LogP contribution in [-0.2, 0) is 27.4 Å². The molecule has 1 aromatic rings. The van der Waals surface area contributed by atoms with E-state index in [9.17, 15) is 4.79 Å². The molecule has 1 atom stereocenters. The standard InChI is InChI=1S/C13H21N3O3/c1-16(13(17)12-5-3-4-6-19-12)8-10-7-11(9-18-2)15-14-10/h7,12H,3-6,8-9H2,1-2H3,(H,14,15). The van der Waals surface area contributed by atoms with Crippen LogP contribution in [0.25, 0.3) is 0 Å². The smallest absolute Gasteiger partial charge is 0.251 e. The highest BCUT2D eigenvalue weighted by molar-refractivity contribution is 5.80. The van der Waals surface area contributed by atoms with Crippen LogP contribution >= 0.6 is 0 Å². The first kappa shape index (κ1) is 14.0. The Bertz CT molecular complexity index is 413. The van der Waals surface area contributed by atoms with Gasteiger partial charge in [-0.2, -0.15) is 5.10 Å². The van der Waals surface area contributed by atoms with Crippen LogP contribution in [0.2, 0.25) is 0 Å². The second-order valence-electron chi connectivity index (χ2n) is 4.87. The number of likely N-dealkylation sites (N-methyl/N-ethyl adjacent to an activating group) is 1. The fourth-order valence-corrected chi connectivity index (χ4v) is 2.23. The molecule has 1 aliphatic heterocycles. The summed E-state index contributed by atoms with van der Waals surface area (Å²) in [5.74, 6) is 0.0441. The van der Waals surface area contributed by atoms with E-state index in [1.807, 2.05) is 6.07 Å². The molecular formula is C13H21N3O3. The average Bonchev–Trinajstić information content (AvgIpc) is 2.86. The molecule has 2 heterocycles. The molecule has 0 saturated carbocycles. The fraction of sp³-hybridized carbons (Fsp3) is 0.692. The van der Waals surface area contributed by atoms with Crippen molar-refractivity contribution in [3.63, 3.8) is 0 Å². The third-order valence-corrected chi connectivity index (χ3v) is 3.22. The summed E-state index contributed by atoms with van der Waals surface area (Å²) in [4.78, 5) is 13.9. The Hall–Kier alpha value is -1.40. The maximum atomic E-state index is 12.2. The first-order valence-corrected chi connectivity index (χ1v) is 6.59. The summed E-state index contributed by atoms with van der Waals surface area (Å²) in [5, 5.41) is 7.03. The lowest BCUT2D eigenvalue weighted by Gasteiger charge is -2.26. The zero-order chi connectivity index (χ0) is 13.7. The summed E-state index contributed by atoms with van der Waals surface area (Å²) in [6, 6.07) is 1.91. The predicted molar refractivity (Wildman–Crippen MR) is 69.4 cm³/mol. The number of nitrogens with one attached hydrogen (secondary N) is 1. The van der Waals surface area contributed by atoms with Crippen LogP contribution < -0.4 is 0 Å². The summed E-state index contributed by atoms with van der Waals surface area (Å²) in [6.45, 7) is 1.67. The highest BCUT2D eigenvalue weighted by Gasteiger charge is 2.25. The average molecular weight is 267 g/mol. The lowest BCUT2D eigenvalue weighted by Crippen LogP contribution is -2.39. The van der Waals surface area contributed by atoms with Gasteiger partial charge in [-0.3, -0.25) is 9.89 Å². The number of hydrogen-bond donors (Lipinski definition) is 1. The number of methoxy groups -OCH3 is 1. The van der Waals surface area contributed by atoms with Gasteiger partial charge in [-0.1, -0.05) is 0 Å². The summed E-state index contributed by atoms with van der Waals surface area (Å²) in [5.41, 5.74) is 1.74. The van der Waals surface area contributed by atoms with Crippen LogP contribution in [0, 0.1) is 0 Å². The van der Waals surface area contributed by atoms with Crippen LogP contribution in [0.1, 0.15) is 30.7 Å². The number of rotatable bonds is 5. The van der Waals surface area contributed by atoms with E-state index in [0.717, 1.165) is 30.7 Å². The van der Waals surface area contributed by atoms with Gasteiger partial charge in [-0.25, -0.2) is 0 Å². The monoisotopic (exact) mass is 267 g/mol. The van der Waals surface area contributed by atoms with Gasteiger partial charge in [0.15, 0.2) is 0 Å².